The van der Waals surface area contributed by atoms with Gasteiger partial charge in [0.2, 0.25) is 5.95 Å². The maximum atomic E-state index is 12.1. The van der Waals surface area contributed by atoms with Gasteiger partial charge in [0, 0.05) is 18.9 Å². The van der Waals surface area contributed by atoms with Crippen LogP contribution in [0, 0.1) is 11.3 Å². The van der Waals surface area contributed by atoms with Gasteiger partial charge in [0.15, 0.2) is 5.69 Å². The summed E-state index contributed by atoms with van der Waals surface area (Å²) in [6.45, 7) is 2.42. The van der Waals surface area contributed by atoms with Gasteiger partial charge < -0.3 is 10.1 Å². The second kappa shape index (κ2) is 7.02. The van der Waals surface area contributed by atoms with Crippen LogP contribution in [0.1, 0.15) is 28.5 Å². The lowest BCUT2D eigenvalue weighted by molar-refractivity contribution is 0.0522. The molecule has 0 aliphatic rings. The number of thiophene rings is 1. The number of nitriles is 1. The molecule has 0 spiro atoms. The molecule has 0 saturated heterocycles. The molecular weight excluding hydrogens is 326 g/mol. The Morgan fingerprint density at radius 3 is 3.08 bits per heavy atom. The van der Waals surface area contributed by atoms with Crippen LogP contribution in [0.15, 0.2) is 29.9 Å². The highest BCUT2D eigenvalue weighted by Crippen LogP contribution is 2.24. The summed E-state index contributed by atoms with van der Waals surface area (Å²) < 4.78 is 5.76. The number of nitrogens with zero attached hydrogens (tertiary/aromatic N) is 4. The van der Waals surface area contributed by atoms with E-state index in [0.717, 1.165) is 5.56 Å². The van der Waals surface area contributed by atoms with Gasteiger partial charge in [0.1, 0.15) is 6.07 Å². The summed E-state index contributed by atoms with van der Waals surface area (Å²) in [6.07, 6.45) is 3.15. The first-order valence-corrected chi connectivity index (χ1v) is 8.09. The highest BCUT2D eigenvalue weighted by molar-refractivity contribution is 7.17. The predicted octanol–water partition coefficient (Wildman–Crippen LogP) is 2.75. The summed E-state index contributed by atoms with van der Waals surface area (Å²) in [5.41, 5.74) is 2.24. The lowest BCUT2D eigenvalue weighted by atomic mass is 10.2. The van der Waals surface area contributed by atoms with Gasteiger partial charge in [-0.1, -0.05) is 0 Å². The standard InChI is InChI=1S/C16H13N5O2S/c1-2-23-15(22)13-14-12(3-4-24-14)20-16(21-13)19-9-11-5-10(6-17)7-18-8-11/h3-5,7-8H,2,9H2,1H3,(H,19,20,21). The van der Waals surface area contributed by atoms with E-state index in [9.17, 15) is 4.79 Å². The molecule has 120 valence electrons. The smallest absolute Gasteiger partial charge is 0.358 e. The van der Waals surface area contributed by atoms with Crippen LogP contribution in [0.3, 0.4) is 0 Å². The summed E-state index contributed by atoms with van der Waals surface area (Å²) in [5.74, 6) is -0.144. The van der Waals surface area contributed by atoms with Crippen molar-refractivity contribution in [2.45, 2.75) is 13.5 Å². The van der Waals surface area contributed by atoms with E-state index in [1.54, 1.807) is 19.2 Å². The fraction of sp³-hybridized carbons (Fsp3) is 0.188. The predicted molar refractivity (Wildman–Crippen MR) is 89.7 cm³/mol. The van der Waals surface area contributed by atoms with Crippen molar-refractivity contribution < 1.29 is 9.53 Å². The van der Waals surface area contributed by atoms with Gasteiger partial charge in [-0.15, -0.1) is 11.3 Å². The Labute approximate surface area is 142 Å². The monoisotopic (exact) mass is 339 g/mol. The van der Waals surface area contributed by atoms with Gasteiger partial charge in [-0.3, -0.25) is 4.98 Å². The molecule has 3 aromatic rings. The van der Waals surface area contributed by atoms with Crippen molar-refractivity contribution in [2.24, 2.45) is 0 Å². The van der Waals surface area contributed by atoms with Crippen molar-refractivity contribution in [3.63, 3.8) is 0 Å². The van der Waals surface area contributed by atoms with E-state index in [1.165, 1.54) is 17.5 Å². The molecule has 0 amide bonds. The highest BCUT2D eigenvalue weighted by Gasteiger charge is 2.17. The molecule has 1 N–H and O–H groups in total. The van der Waals surface area contributed by atoms with Gasteiger partial charge in [0.05, 0.1) is 22.4 Å². The molecule has 0 aliphatic carbocycles. The molecule has 0 radical (unpaired) electrons. The average molecular weight is 339 g/mol. The van der Waals surface area contributed by atoms with E-state index in [0.29, 0.717) is 28.3 Å². The van der Waals surface area contributed by atoms with Gasteiger partial charge in [-0.05, 0) is 30.0 Å². The summed E-state index contributed by atoms with van der Waals surface area (Å²) in [6, 6.07) is 5.60. The lowest BCUT2D eigenvalue weighted by Crippen LogP contribution is -2.11. The number of carbonyl (C=O) groups is 1. The summed E-state index contributed by atoms with van der Waals surface area (Å²) in [4.78, 5) is 24.8. The van der Waals surface area contributed by atoms with Crippen LogP contribution in [0.4, 0.5) is 5.95 Å². The molecule has 0 saturated carbocycles. The third-order valence-electron chi connectivity index (χ3n) is 3.15. The highest BCUT2D eigenvalue weighted by atomic mass is 32.1. The topological polar surface area (TPSA) is 101 Å². The average Bonchev–Trinajstić information content (AvgIpc) is 3.08. The first kappa shape index (κ1) is 15.8. The van der Waals surface area contributed by atoms with Crippen LogP contribution in [0.25, 0.3) is 10.2 Å². The molecular formula is C16H13N5O2S. The van der Waals surface area contributed by atoms with Crippen LogP contribution in [0.2, 0.25) is 0 Å². The number of fused-ring (bicyclic) bond motifs is 1. The fourth-order valence-electron chi connectivity index (χ4n) is 2.11. The van der Waals surface area contributed by atoms with Crippen molar-refractivity contribution in [3.05, 3.63) is 46.7 Å². The molecule has 0 aliphatic heterocycles. The van der Waals surface area contributed by atoms with E-state index in [2.05, 4.69) is 20.3 Å². The number of ether oxygens (including phenoxy) is 1. The number of aromatic nitrogens is 3. The molecule has 8 heteroatoms. The SMILES string of the molecule is CCOC(=O)c1nc(NCc2cncc(C#N)c2)nc2ccsc12. The molecule has 0 atom stereocenters. The van der Waals surface area contributed by atoms with Crippen molar-refractivity contribution in [1.29, 1.82) is 5.26 Å². The van der Waals surface area contributed by atoms with Gasteiger partial charge in [-0.2, -0.15) is 5.26 Å². The third-order valence-corrected chi connectivity index (χ3v) is 4.06. The first-order chi connectivity index (χ1) is 11.7. The zero-order chi connectivity index (χ0) is 16.9. The van der Waals surface area contributed by atoms with Crippen LogP contribution < -0.4 is 5.32 Å². The largest absolute Gasteiger partial charge is 0.461 e. The van der Waals surface area contributed by atoms with E-state index in [-0.39, 0.29) is 12.3 Å². The van der Waals surface area contributed by atoms with Crippen LogP contribution in [-0.2, 0) is 11.3 Å². The molecule has 24 heavy (non-hydrogen) atoms. The Hall–Kier alpha value is -3.05. The van der Waals surface area contributed by atoms with E-state index in [4.69, 9.17) is 10.00 Å². The maximum Gasteiger partial charge on any atom is 0.358 e. The summed E-state index contributed by atoms with van der Waals surface area (Å²) in [7, 11) is 0. The summed E-state index contributed by atoms with van der Waals surface area (Å²) in [5, 5.41) is 13.8. The molecule has 0 unspecified atom stereocenters. The number of esters is 1. The Morgan fingerprint density at radius 2 is 2.29 bits per heavy atom. The molecule has 0 fully saturated rings. The minimum absolute atomic E-state index is 0.253. The molecule has 0 aromatic carbocycles. The fourth-order valence-corrected chi connectivity index (χ4v) is 2.91. The Kier molecular flexibility index (Phi) is 4.63. The lowest BCUT2D eigenvalue weighted by Gasteiger charge is -2.08. The number of hydrogen-bond donors (Lipinski definition) is 1. The van der Waals surface area contributed by atoms with Crippen molar-refractivity contribution in [3.8, 4) is 6.07 Å². The minimum Gasteiger partial charge on any atom is -0.461 e. The Balaban J connectivity index is 1.86. The van der Waals surface area contributed by atoms with Gasteiger partial charge >= 0.3 is 5.97 Å². The Morgan fingerprint density at radius 1 is 1.42 bits per heavy atom. The number of hydrogen-bond acceptors (Lipinski definition) is 8. The number of carbonyl (C=O) groups excluding carboxylic acids is 1. The van der Waals surface area contributed by atoms with Crippen molar-refractivity contribution in [1.82, 2.24) is 15.0 Å². The van der Waals surface area contributed by atoms with Gasteiger partial charge in [-0.25, -0.2) is 14.8 Å². The third kappa shape index (κ3) is 3.31. The van der Waals surface area contributed by atoms with Crippen molar-refractivity contribution in [2.75, 3.05) is 11.9 Å². The van der Waals surface area contributed by atoms with Gasteiger partial charge in [0.25, 0.3) is 0 Å². The van der Waals surface area contributed by atoms with E-state index in [1.807, 2.05) is 17.5 Å². The normalized spacial score (nSPS) is 10.3. The number of pyridine rings is 1. The van der Waals surface area contributed by atoms with Crippen LogP contribution in [0.5, 0.6) is 0 Å². The molecule has 3 aromatic heterocycles. The quantitative estimate of drug-likeness (QED) is 0.713. The number of nitrogens with one attached hydrogen (secondary N) is 1. The second-order valence-corrected chi connectivity index (χ2v) is 5.71. The van der Waals surface area contributed by atoms with Crippen molar-refractivity contribution >= 4 is 33.5 Å². The first-order valence-electron chi connectivity index (χ1n) is 7.21. The minimum atomic E-state index is -0.469. The zero-order valence-electron chi connectivity index (χ0n) is 12.8. The molecule has 7 nitrogen and oxygen atoms in total. The zero-order valence-corrected chi connectivity index (χ0v) is 13.6. The number of anilines is 1. The van der Waals surface area contributed by atoms with E-state index < -0.39 is 5.97 Å². The maximum absolute atomic E-state index is 12.1. The Bertz CT molecular complexity index is 932. The molecule has 3 rings (SSSR count). The summed E-state index contributed by atoms with van der Waals surface area (Å²) >= 11 is 1.40. The van der Waals surface area contributed by atoms with Crippen LogP contribution >= 0.6 is 11.3 Å². The number of rotatable bonds is 5. The molecule has 3 heterocycles. The second-order valence-electron chi connectivity index (χ2n) is 4.80. The van der Waals surface area contributed by atoms with E-state index >= 15 is 0 Å². The van der Waals surface area contributed by atoms with Crippen LogP contribution in [-0.4, -0.2) is 27.5 Å². The molecule has 0 bridgehead atoms.